The van der Waals surface area contributed by atoms with Crippen molar-refractivity contribution in [1.82, 2.24) is 25.9 Å². The van der Waals surface area contributed by atoms with Crippen molar-refractivity contribution in [3.8, 4) is 10.6 Å². The smallest absolute Gasteiger partial charge is 0.335 e. The average Bonchev–Trinajstić information content (AvgIpc) is 3.47. The molecular weight excluding hydrogens is 418 g/mol. The molecule has 0 atom stereocenters. The molecule has 31 heavy (non-hydrogen) atoms. The Balaban J connectivity index is 1.47. The molecule has 1 aliphatic carbocycles. The molecule has 4 amide bonds. The summed E-state index contributed by atoms with van der Waals surface area (Å²) in [7, 11) is 0. The second kappa shape index (κ2) is 7.16. The Labute approximate surface area is 181 Å². The fourth-order valence-electron chi connectivity index (χ4n) is 4.30. The topological polar surface area (TPSA) is 117 Å². The lowest BCUT2D eigenvalue weighted by atomic mass is 9.77. The number of nitrogens with zero attached hydrogens (tertiary/aromatic N) is 3. The highest BCUT2D eigenvalue weighted by Gasteiger charge is 2.53. The summed E-state index contributed by atoms with van der Waals surface area (Å²) >= 11 is 1.48. The van der Waals surface area contributed by atoms with Gasteiger partial charge in [-0.1, -0.05) is 18.1 Å². The number of imide groups is 1. The molecule has 0 unspecified atom stereocenters. The van der Waals surface area contributed by atoms with Crippen molar-refractivity contribution in [2.45, 2.75) is 45.1 Å². The zero-order valence-electron chi connectivity index (χ0n) is 17.1. The number of hydrazine groups is 1. The number of urea groups is 1. The van der Waals surface area contributed by atoms with Crippen molar-refractivity contribution in [1.29, 1.82) is 0 Å². The Morgan fingerprint density at radius 1 is 1.35 bits per heavy atom. The zero-order chi connectivity index (χ0) is 21.8. The summed E-state index contributed by atoms with van der Waals surface area (Å²) in [6.45, 7) is 3.84. The fraction of sp³-hybridized carbons (Fsp3) is 0.381. The van der Waals surface area contributed by atoms with Crippen molar-refractivity contribution in [3.05, 3.63) is 34.8 Å². The first-order chi connectivity index (χ1) is 14.9. The van der Waals surface area contributed by atoms with Crippen LogP contribution < -0.4 is 10.7 Å². The number of aromatic nitrogens is 2. The Bertz CT molecular complexity index is 1190. The first kappa shape index (κ1) is 19.7. The van der Waals surface area contributed by atoms with Crippen LogP contribution in [0.15, 0.2) is 28.1 Å². The molecule has 2 aliphatic rings. The number of pyridine rings is 1. The zero-order valence-corrected chi connectivity index (χ0v) is 17.9. The maximum atomic E-state index is 13.2. The fourth-order valence-corrected chi connectivity index (χ4v) is 4.99. The molecule has 0 aromatic carbocycles. The molecule has 5 rings (SSSR count). The highest BCUT2D eigenvalue weighted by atomic mass is 32.1. The van der Waals surface area contributed by atoms with Crippen molar-refractivity contribution in [2.24, 2.45) is 5.92 Å². The van der Waals surface area contributed by atoms with Crippen LogP contribution in [0.2, 0.25) is 0 Å². The third-order valence-corrected chi connectivity index (χ3v) is 7.03. The molecule has 1 aliphatic heterocycles. The quantitative estimate of drug-likeness (QED) is 0.604. The van der Waals surface area contributed by atoms with Crippen LogP contribution in [0, 0.1) is 12.8 Å². The van der Waals surface area contributed by atoms with Crippen LogP contribution in [0.4, 0.5) is 4.79 Å². The SMILES string of the molecule is Cc1noc2nc(-c3cccs3)cc(C(=O)NN3C(=O)NC4(CCC(C)CC4)C3=O)c12. The number of aryl methyl sites for hydroxylation is 1. The van der Waals surface area contributed by atoms with E-state index >= 15 is 0 Å². The molecule has 9 nitrogen and oxygen atoms in total. The number of carbonyl (C=O) groups is 3. The van der Waals surface area contributed by atoms with Gasteiger partial charge in [-0.2, -0.15) is 5.01 Å². The van der Waals surface area contributed by atoms with Crippen LogP contribution in [-0.2, 0) is 4.79 Å². The van der Waals surface area contributed by atoms with Crippen LogP contribution >= 0.6 is 11.3 Å². The van der Waals surface area contributed by atoms with E-state index in [0.29, 0.717) is 35.5 Å². The monoisotopic (exact) mass is 439 g/mol. The Morgan fingerprint density at radius 3 is 2.84 bits per heavy atom. The number of thiophene rings is 1. The molecule has 3 aromatic heterocycles. The number of hydrogen-bond acceptors (Lipinski definition) is 7. The highest BCUT2D eigenvalue weighted by molar-refractivity contribution is 7.13. The van der Waals surface area contributed by atoms with Gasteiger partial charge >= 0.3 is 6.03 Å². The molecular formula is C21H21N5O4S. The Hall–Kier alpha value is -3.27. The van der Waals surface area contributed by atoms with Gasteiger partial charge in [0.1, 0.15) is 5.54 Å². The lowest BCUT2D eigenvalue weighted by Gasteiger charge is -2.33. The maximum absolute atomic E-state index is 13.2. The van der Waals surface area contributed by atoms with Crippen LogP contribution in [-0.4, -0.2) is 38.5 Å². The van der Waals surface area contributed by atoms with Crippen LogP contribution in [0.3, 0.4) is 0 Å². The van der Waals surface area contributed by atoms with Gasteiger partial charge in [0.05, 0.1) is 27.2 Å². The predicted octanol–water partition coefficient (Wildman–Crippen LogP) is 3.41. The Kier molecular flexibility index (Phi) is 4.54. The van der Waals surface area contributed by atoms with Gasteiger partial charge in [-0.05, 0) is 56.0 Å². The van der Waals surface area contributed by atoms with Crippen LogP contribution in [0.25, 0.3) is 21.7 Å². The van der Waals surface area contributed by atoms with Crippen molar-refractivity contribution in [3.63, 3.8) is 0 Å². The molecule has 0 radical (unpaired) electrons. The van der Waals surface area contributed by atoms with E-state index in [4.69, 9.17) is 4.52 Å². The van der Waals surface area contributed by atoms with Gasteiger partial charge in [-0.25, -0.2) is 9.78 Å². The van der Waals surface area contributed by atoms with E-state index in [2.05, 4.69) is 27.8 Å². The molecule has 3 aromatic rings. The normalized spacial score (nSPS) is 23.5. The molecule has 10 heteroatoms. The first-order valence-electron chi connectivity index (χ1n) is 10.2. The highest BCUT2D eigenvalue weighted by Crippen LogP contribution is 2.36. The lowest BCUT2D eigenvalue weighted by molar-refractivity contribution is -0.134. The maximum Gasteiger partial charge on any atom is 0.344 e. The molecule has 160 valence electrons. The summed E-state index contributed by atoms with van der Waals surface area (Å²) in [4.78, 5) is 44.2. The Morgan fingerprint density at radius 2 is 2.13 bits per heavy atom. The molecule has 1 saturated heterocycles. The lowest BCUT2D eigenvalue weighted by Crippen LogP contribution is -2.51. The van der Waals surface area contributed by atoms with E-state index in [1.807, 2.05) is 17.5 Å². The molecule has 2 N–H and O–H groups in total. The second-order valence-corrected chi connectivity index (χ2v) is 9.20. The number of rotatable bonds is 3. The molecule has 1 saturated carbocycles. The van der Waals surface area contributed by atoms with E-state index in [1.165, 1.54) is 11.3 Å². The summed E-state index contributed by atoms with van der Waals surface area (Å²) < 4.78 is 5.29. The molecule has 0 bridgehead atoms. The number of fused-ring (bicyclic) bond motifs is 1. The van der Waals surface area contributed by atoms with E-state index < -0.39 is 23.4 Å². The van der Waals surface area contributed by atoms with Crippen molar-refractivity contribution >= 4 is 40.3 Å². The second-order valence-electron chi connectivity index (χ2n) is 8.26. The van der Waals surface area contributed by atoms with Gasteiger partial charge in [-0.15, -0.1) is 11.3 Å². The summed E-state index contributed by atoms with van der Waals surface area (Å²) in [5.74, 6) is -0.499. The van der Waals surface area contributed by atoms with Crippen LogP contribution in [0.1, 0.15) is 48.7 Å². The van der Waals surface area contributed by atoms with Gasteiger partial charge in [-0.3, -0.25) is 15.0 Å². The van der Waals surface area contributed by atoms with Gasteiger partial charge in [0.15, 0.2) is 0 Å². The number of carbonyl (C=O) groups excluding carboxylic acids is 3. The standard InChI is InChI=1S/C21H21N5O4S/c1-11-5-7-21(8-6-11)19(28)26(20(29)23-21)24-17(27)13-10-14(15-4-3-9-31-15)22-18-16(13)12(2)25-30-18/h3-4,9-11H,5-8H2,1-2H3,(H,23,29)(H,24,27). The average molecular weight is 439 g/mol. The number of amides is 4. The van der Waals surface area contributed by atoms with Gasteiger partial charge in [0.25, 0.3) is 17.5 Å². The minimum atomic E-state index is -0.931. The largest absolute Gasteiger partial charge is 0.344 e. The minimum Gasteiger partial charge on any atom is -0.335 e. The minimum absolute atomic E-state index is 0.225. The van der Waals surface area contributed by atoms with Gasteiger partial charge in [0.2, 0.25) is 0 Å². The molecule has 1 spiro atoms. The van der Waals surface area contributed by atoms with E-state index in [9.17, 15) is 14.4 Å². The van der Waals surface area contributed by atoms with Crippen LogP contribution in [0.5, 0.6) is 0 Å². The summed E-state index contributed by atoms with van der Waals surface area (Å²) in [5, 5.41) is 9.89. The van der Waals surface area contributed by atoms with E-state index in [0.717, 1.165) is 22.7 Å². The third-order valence-electron chi connectivity index (χ3n) is 6.14. The predicted molar refractivity (Wildman–Crippen MR) is 113 cm³/mol. The summed E-state index contributed by atoms with van der Waals surface area (Å²) in [6.07, 6.45) is 2.83. The summed E-state index contributed by atoms with van der Waals surface area (Å²) in [5.41, 5.74) is 3.09. The van der Waals surface area contributed by atoms with E-state index in [-0.39, 0.29) is 11.3 Å². The number of hydrogen-bond donors (Lipinski definition) is 2. The van der Waals surface area contributed by atoms with Gasteiger partial charge in [0, 0.05) is 0 Å². The van der Waals surface area contributed by atoms with Crippen molar-refractivity contribution < 1.29 is 18.9 Å². The van der Waals surface area contributed by atoms with Gasteiger partial charge < -0.3 is 9.84 Å². The van der Waals surface area contributed by atoms with Crippen molar-refractivity contribution in [2.75, 3.05) is 0 Å². The summed E-state index contributed by atoms with van der Waals surface area (Å²) in [6, 6.07) is 4.78. The number of nitrogens with one attached hydrogen (secondary N) is 2. The van der Waals surface area contributed by atoms with E-state index in [1.54, 1.807) is 13.0 Å². The molecule has 2 fully saturated rings. The first-order valence-corrected chi connectivity index (χ1v) is 11.0. The third kappa shape index (κ3) is 3.18. The molecule has 4 heterocycles.